The van der Waals surface area contributed by atoms with Gasteiger partial charge in [0, 0.05) is 39.5 Å². The third-order valence-electron chi connectivity index (χ3n) is 3.64. The zero-order valence-corrected chi connectivity index (χ0v) is 15.8. The maximum Gasteiger partial charge on any atom is 0.213 e. The van der Waals surface area contributed by atoms with E-state index in [0.29, 0.717) is 25.6 Å². The van der Waals surface area contributed by atoms with Gasteiger partial charge in [-0.3, -0.25) is 4.99 Å². The number of methoxy groups -OCH3 is 1. The van der Waals surface area contributed by atoms with Crippen LogP contribution in [0.3, 0.4) is 0 Å². The Morgan fingerprint density at radius 1 is 1.29 bits per heavy atom. The Hall–Kier alpha value is -1.82. The van der Waals surface area contributed by atoms with Gasteiger partial charge in [0.05, 0.1) is 12.7 Å². The normalized spacial score (nSPS) is 13.5. The van der Waals surface area contributed by atoms with E-state index in [1.165, 1.54) is 0 Å². The highest BCUT2D eigenvalue weighted by Gasteiger charge is 2.24. The Kier molecular flexibility index (Phi) is 8.54. The standard InChI is InChI=1S/C18H32N4O2/c1-7-10-24-16-9-8-14(11-20-16)12-21-17(19-5)22-13-15(23-6)18(2,3)4/h8-9,11,15H,7,10,12-13H2,1-6H3,(H2,19,21,22). The van der Waals surface area contributed by atoms with Crippen molar-refractivity contribution >= 4 is 5.96 Å². The average molecular weight is 336 g/mol. The third kappa shape index (κ3) is 7.17. The topological polar surface area (TPSA) is 67.8 Å². The van der Waals surface area contributed by atoms with E-state index in [4.69, 9.17) is 9.47 Å². The minimum Gasteiger partial charge on any atom is -0.478 e. The molecule has 1 unspecified atom stereocenters. The minimum absolute atomic E-state index is 0.0683. The van der Waals surface area contributed by atoms with E-state index < -0.39 is 0 Å². The largest absolute Gasteiger partial charge is 0.478 e. The van der Waals surface area contributed by atoms with Crippen molar-refractivity contribution in [2.75, 3.05) is 27.3 Å². The number of nitrogens with zero attached hydrogens (tertiary/aromatic N) is 2. The maximum atomic E-state index is 5.55. The summed E-state index contributed by atoms with van der Waals surface area (Å²) < 4.78 is 11.0. The molecule has 6 heteroatoms. The van der Waals surface area contributed by atoms with Crippen LogP contribution in [0.4, 0.5) is 0 Å². The molecule has 0 amide bonds. The highest BCUT2D eigenvalue weighted by atomic mass is 16.5. The Balaban J connectivity index is 2.46. The van der Waals surface area contributed by atoms with Gasteiger partial charge in [-0.1, -0.05) is 33.8 Å². The van der Waals surface area contributed by atoms with Crippen LogP contribution in [0.5, 0.6) is 5.88 Å². The first kappa shape index (κ1) is 20.2. The molecule has 0 radical (unpaired) electrons. The molecule has 0 aromatic carbocycles. The number of aliphatic imine (C=N–C) groups is 1. The van der Waals surface area contributed by atoms with E-state index in [1.807, 2.05) is 18.3 Å². The molecule has 1 heterocycles. The Morgan fingerprint density at radius 2 is 2.04 bits per heavy atom. The molecule has 1 aromatic heterocycles. The molecule has 0 aliphatic carbocycles. The van der Waals surface area contributed by atoms with Crippen LogP contribution >= 0.6 is 0 Å². The summed E-state index contributed by atoms with van der Waals surface area (Å²) in [6, 6.07) is 3.90. The zero-order chi connectivity index (χ0) is 18.0. The Bertz CT molecular complexity index is 495. The number of guanidine groups is 1. The predicted molar refractivity (Wildman–Crippen MR) is 98.5 cm³/mol. The summed E-state index contributed by atoms with van der Waals surface area (Å²) in [4.78, 5) is 8.54. The number of hydrogen-bond acceptors (Lipinski definition) is 4. The van der Waals surface area contributed by atoms with Crippen molar-refractivity contribution in [3.8, 4) is 5.88 Å². The monoisotopic (exact) mass is 336 g/mol. The van der Waals surface area contributed by atoms with Gasteiger partial charge < -0.3 is 20.1 Å². The van der Waals surface area contributed by atoms with Crippen LogP contribution in [0, 0.1) is 5.41 Å². The van der Waals surface area contributed by atoms with Crippen LogP contribution in [-0.4, -0.2) is 44.4 Å². The summed E-state index contributed by atoms with van der Waals surface area (Å²) in [7, 11) is 3.50. The van der Waals surface area contributed by atoms with Gasteiger partial charge in [0.15, 0.2) is 5.96 Å². The van der Waals surface area contributed by atoms with E-state index in [2.05, 4.69) is 48.3 Å². The predicted octanol–water partition coefficient (Wildman–Crippen LogP) is 2.60. The minimum atomic E-state index is 0.0683. The summed E-state index contributed by atoms with van der Waals surface area (Å²) in [5, 5.41) is 6.59. The van der Waals surface area contributed by atoms with Gasteiger partial charge >= 0.3 is 0 Å². The molecule has 1 aromatic rings. The molecule has 0 aliphatic heterocycles. The number of hydrogen-bond donors (Lipinski definition) is 2. The lowest BCUT2D eigenvalue weighted by Gasteiger charge is -2.30. The zero-order valence-electron chi connectivity index (χ0n) is 15.8. The highest BCUT2D eigenvalue weighted by molar-refractivity contribution is 5.79. The quantitative estimate of drug-likeness (QED) is 0.564. The fourth-order valence-corrected chi connectivity index (χ4v) is 2.15. The van der Waals surface area contributed by atoms with Gasteiger partial charge in [-0.15, -0.1) is 0 Å². The van der Waals surface area contributed by atoms with Crippen molar-refractivity contribution < 1.29 is 9.47 Å². The number of rotatable bonds is 8. The summed E-state index contributed by atoms with van der Waals surface area (Å²) in [5.74, 6) is 1.41. The molecule has 24 heavy (non-hydrogen) atoms. The van der Waals surface area contributed by atoms with Crippen molar-refractivity contribution in [2.24, 2.45) is 10.4 Å². The molecule has 0 bridgehead atoms. The molecule has 1 rings (SSSR count). The lowest BCUT2D eigenvalue weighted by atomic mass is 9.89. The van der Waals surface area contributed by atoms with Crippen molar-refractivity contribution in [3.05, 3.63) is 23.9 Å². The number of nitrogens with one attached hydrogen (secondary N) is 2. The van der Waals surface area contributed by atoms with Gasteiger partial charge in [0.1, 0.15) is 0 Å². The molecule has 0 spiro atoms. The molecule has 2 N–H and O–H groups in total. The van der Waals surface area contributed by atoms with Gasteiger partial charge in [-0.2, -0.15) is 0 Å². The molecule has 0 aliphatic rings. The lowest BCUT2D eigenvalue weighted by molar-refractivity contribution is 0.0205. The van der Waals surface area contributed by atoms with E-state index >= 15 is 0 Å². The van der Waals surface area contributed by atoms with Gasteiger partial charge in [0.2, 0.25) is 5.88 Å². The van der Waals surface area contributed by atoms with Gasteiger partial charge in [0.25, 0.3) is 0 Å². The second kappa shape index (κ2) is 10.1. The molecule has 0 saturated carbocycles. The summed E-state index contributed by atoms with van der Waals surface area (Å²) in [5.41, 5.74) is 1.14. The van der Waals surface area contributed by atoms with Crippen molar-refractivity contribution in [1.29, 1.82) is 0 Å². The van der Waals surface area contributed by atoms with E-state index in [0.717, 1.165) is 17.9 Å². The molecule has 1 atom stereocenters. The fourth-order valence-electron chi connectivity index (χ4n) is 2.15. The van der Waals surface area contributed by atoms with Gasteiger partial charge in [-0.05, 0) is 17.4 Å². The van der Waals surface area contributed by atoms with Gasteiger partial charge in [-0.25, -0.2) is 4.98 Å². The van der Waals surface area contributed by atoms with Crippen molar-refractivity contribution in [2.45, 2.75) is 46.8 Å². The van der Waals surface area contributed by atoms with Crippen LogP contribution in [-0.2, 0) is 11.3 Å². The van der Waals surface area contributed by atoms with Crippen molar-refractivity contribution in [3.63, 3.8) is 0 Å². The highest BCUT2D eigenvalue weighted by Crippen LogP contribution is 2.20. The van der Waals surface area contributed by atoms with Crippen molar-refractivity contribution in [1.82, 2.24) is 15.6 Å². The van der Waals surface area contributed by atoms with Crippen LogP contribution in [0.2, 0.25) is 0 Å². The number of ether oxygens (including phenoxy) is 2. The Morgan fingerprint density at radius 3 is 2.54 bits per heavy atom. The van der Waals surface area contributed by atoms with E-state index in [-0.39, 0.29) is 11.5 Å². The molecule has 0 saturated heterocycles. The van der Waals surface area contributed by atoms with E-state index in [1.54, 1.807) is 14.2 Å². The molecule has 136 valence electrons. The van der Waals surface area contributed by atoms with Crippen LogP contribution < -0.4 is 15.4 Å². The average Bonchev–Trinajstić information content (AvgIpc) is 2.56. The smallest absolute Gasteiger partial charge is 0.213 e. The molecule has 6 nitrogen and oxygen atoms in total. The second-order valence-electron chi connectivity index (χ2n) is 6.75. The first-order chi connectivity index (χ1) is 11.4. The second-order valence-corrected chi connectivity index (χ2v) is 6.75. The maximum absolute atomic E-state index is 5.55. The molecular formula is C18H32N4O2. The molecular weight excluding hydrogens is 304 g/mol. The molecule has 0 fully saturated rings. The lowest BCUT2D eigenvalue weighted by Crippen LogP contribution is -2.45. The summed E-state index contributed by atoms with van der Waals surface area (Å²) >= 11 is 0. The van der Waals surface area contributed by atoms with E-state index in [9.17, 15) is 0 Å². The Labute approximate surface area is 146 Å². The summed E-state index contributed by atoms with van der Waals surface area (Å²) in [6.45, 7) is 10.6. The van der Waals surface area contributed by atoms with Crippen LogP contribution in [0.25, 0.3) is 0 Å². The first-order valence-electron chi connectivity index (χ1n) is 8.45. The SMILES string of the molecule is CCCOc1ccc(CNC(=NC)NCC(OC)C(C)(C)C)cn1. The first-order valence-corrected chi connectivity index (χ1v) is 8.45. The number of pyridine rings is 1. The number of aromatic nitrogens is 1. The van der Waals surface area contributed by atoms with Crippen LogP contribution in [0.1, 0.15) is 39.7 Å². The third-order valence-corrected chi connectivity index (χ3v) is 3.64. The fraction of sp³-hybridized carbons (Fsp3) is 0.667. The summed E-state index contributed by atoms with van der Waals surface area (Å²) in [6.07, 6.45) is 2.90. The van der Waals surface area contributed by atoms with Crippen LogP contribution in [0.15, 0.2) is 23.3 Å².